The molecule has 1 aromatic carbocycles. The molecule has 0 radical (unpaired) electrons. The van der Waals surface area contributed by atoms with E-state index in [1.165, 1.54) is 70.6 Å². The van der Waals surface area contributed by atoms with Gasteiger partial charge in [-0.2, -0.15) is 0 Å². The van der Waals surface area contributed by atoms with E-state index in [1.54, 1.807) is 52.5 Å². The van der Waals surface area contributed by atoms with Crippen LogP contribution in [0.2, 0.25) is 0 Å². The van der Waals surface area contributed by atoms with E-state index in [4.69, 9.17) is 47.4 Å². The summed E-state index contributed by atoms with van der Waals surface area (Å²) in [5.41, 5.74) is 0.448. The first-order valence-corrected chi connectivity index (χ1v) is 24.5. The first-order chi connectivity index (χ1) is 30.4. The van der Waals surface area contributed by atoms with Crippen molar-refractivity contribution in [3.05, 3.63) is 35.9 Å². The molecule has 62 heavy (non-hydrogen) atoms. The summed E-state index contributed by atoms with van der Waals surface area (Å²) in [6, 6.07) is 8.83. The Kier molecular flexibility index (Phi) is 26.8. The number of carbonyl (C=O) groups is 2. The zero-order valence-electron chi connectivity index (χ0n) is 39.2. The molecule has 3 heterocycles. The van der Waals surface area contributed by atoms with Gasteiger partial charge in [0.05, 0.1) is 54.2 Å². The lowest BCUT2D eigenvalue weighted by atomic mass is 9.92. The molecule has 0 bridgehead atoms. The summed E-state index contributed by atoms with van der Waals surface area (Å²) in [7, 11) is 4.96. The molecule has 0 saturated carbocycles. The van der Waals surface area contributed by atoms with Crippen LogP contribution in [0.25, 0.3) is 0 Å². The number of hydrogen-bond donors (Lipinski definition) is 0. The Bertz CT molecular complexity index is 1300. The maximum atomic E-state index is 12.8. The lowest BCUT2D eigenvalue weighted by molar-refractivity contribution is -0.158. The number of methoxy groups -OCH3 is 3. The SMILES string of the molecule is CCCCCCCCCC[C@@H](OCOC)[C@H]1CC[C@H]([C@H]2CC[C@H]([C@H](CCCCCCCCCC[C@H](CC3C(=O)O[C@@H](C)C3OC(=O)c3ccccc3)OCOC)OCOC)O2)O1. The molecule has 0 aromatic heterocycles. The highest BCUT2D eigenvalue weighted by molar-refractivity contribution is 5.90. The summed E-state index contributed by atoms with van der Waals surface area (Å²) in [5, 5.41) is 0. The van der Waals surface area contributed by atoms with Gasteiger partial charge in [0.1, 0.15) is 26.5 Å². The molecule has 3 aliphatic rings. The largest absolute Gasteiger partial charge is 0.458 e. The summed E-state index contributed by atoms with van der Waals surface area (Å²) in [6.45, 7) is 4.76. The highest BCUT2D eigenvalue weighted by Gasteiger charge is 2.46. The fraction of sp³-hybridized carbons (Fsp3) is 0.840. The standard InChI is InChI=1S/C50H84O12/c1-6-7-8-9-10-14-17-23-28-42(57-36-54-4)44-30-32-46(60-44)47-33-31-45(61-47)43(58-37-55-5)29-24-18-15-12-11-13-16-22-27-40(56-35-53-3)34-41-48(38(2)59-50(41)52)62-49(51)39-25-20-19-21-26-39/h19-21,25-26,38,40-48H,6-18,22-24,27-37H2,1-5H3/t38-,40+,41?,42+,43-,44+,45+,46+,47+,48?/m0/s1. The number of cyclic esters (lactones) is 1. The third kappa shape index (κ3) is 19.1. The van der Waals surface area contributed by atoms with Crippen LogP contribution >= 0.6 is 0 Å². The topological polar surface area (TPSA) is 126 Å². The number of esters is 2. The molecule has 3 fully saturated rings. The predicted molar refractivity (Wildman–Crippen MR) is 239 cm³/mol. The Hall–Kier alpha value is -2.16. The van der Waals surface area contributed by atoms with Crippen LogP contribution in [0.4, 0.5) is 0 Å². The highest BCUT2D eigenvalue weighted by atomic mass is 16.7. The van der Waals surface area contributed by atoms with Gasteiger partial charge in [-0.1, -0.05) is 128 Å². The van der Waals surface area contributed by atoms with Gasteiger partial charge in [-0.25, -0.2) is 4.79 Å². The summed E-state index contributed by atoms with van der Waals surface area (Å²) < 4.78 is 58.9. The summed E-state index contributed by atoms with van der Waals surface area (Å²) in [4.78, 5) is 25.7. The van der Waals surface area contributed by atoms with E-state index in [1.807, 2.05) is 6.07 Å². The molecule has 0 N–H and O–H groups in total. The van der Waals surface area contributed by atoms with Gasteiger partial charge in [0.2, 0.25) is 0 Å². The Labute approximate surface area is 374 Å². The van der Waals surface area contributed by atoms with Crippen LogP contribution in [0.3, 0.4) is 0 Å². The van der Waals surface area contributed by atoms with E-state index in [2.05, 4.69) is 6.92 Å². The van der Waals surface area contributed by atoms with Gasteiger partial charge >= 0.3 is 11.9 Å². The van der Waals surface area contributed by atoms with Crippen molar-refractivity contribution >= 4 is 11.9 Å². The van der Waals surface area contributed by atoms with E-state index in [-0.39, 0.29) is 62.3 Å². The molecule has 1 aromatic rings. The van der Waals surface area contributed by atoms with Gasteiger partial charge in [-0.3, -0.25) is 4.79 Å². The smallest absolute Gasteiger partial charge is 0.338 e. The summed E-state index contributed by atoms with van der Waals surface area (Å²) >= 11 is 0. The van der Waals surface area contributed by atoms with Crippen molar-refractivity contribution in [3.63, 3.8) is 0 Å². The van der Waals surface area contributed by atoms with Gasteiger partial charge < -0.3 is 47.4 Å². The number of rotatable bonds is 36. The summed E-state index contributed by atoms with van der Waals surface area (Å²) in [6.07, 6.45) is 25.7. The second-order valence-electron chi connectivity index (χ2n) is 17.9. The first kappa shape index (κ1) is 52.5. The maximum absolute atomic E-state index is 12.8. The number of hydrogen-bond acceptors (Lipinski definition) is 12. The average molecular weight is 877 g/mol. The van der Waals surface area contributed by atoms with Crippen molar-refractivity contribution < 1.29 is 57.0 Å². The number of carbonyl (C=O) groups excluding carboxylic acids is 2. The quantitative estimate of drug-likeness (QED) is 0.0362. The van der Waals surface area contributed by atoms with Gasteiger partial charge in [0.25, 0.3) is 0 Å². The van der Waals surface area contributed by atoms with Gasteiger partial charge in [0, 0.05) is 21.3 Å². The molecule has 4 rings (SSSR count). The molecule has 3 saturated heterocycles. The Morgan fingerprint density at radius 3 is 1.60 bits per heavy atom. The second kappa shape index (κ2) is 31.7. The molecular formula is C50H84O12. The molecule has 3 aliphatic heterocycles. The number of ether oxygens (including phenoxy) is 10. The van der Waals surface area contributed by atoms with Crippen LogP contribution in [0, 0.1) is 5.92 Å². The molecule has 12 heteroatoms. The second-order valence-corrected chi connectivity index (χ2v) is 17.9. The van der Waals surface area contributed by atoms with Crippen molar-refractivity contribution in [1.29, 1.82) is 0 Å². The molecule has 10 atom stereocenters. The van der Waals surface area contributed by atoms with Crippen molar-refractivity contribution in [2.24, 2.45) is 5.92 Å². The third-order valence-corrected chi connectivity index (χ3v) is 13.0. The highest BCUT2D eigenvalue weighted by Crippen LogP contribution is 2.36. The third-order valence-electron chi connectivity index (χ3n) is 13.0. The Balaban J connectivity index is 1.10. The molecule has 2 unspecified atom stereocenters. The average Bonchev–Trinajstić information content (AvgIpc) is 4.04. The molecule has 12 nitrogen and oxygen atoms in total. The minimum atomic E-state index is -0.664. The molecular weight excluding hydrogens is 793 g/mol. The van der Waals surface area contributed by atoms with Gasteiger partial charge in [-0.15, -0.1) is 0 Å². The zero-order valence-corrected chi connectivity index (χ0v) is 39.2. The van der Waals surface area contributed by atoms with Crippen molar-refractivity contribution in [3.8, 4) is 0 Å². The van der Waals surface area contributed by atoms with Crippen LogP contribution in [0.5, 0.6) is 0 Å². The van der Waals surface area contributed by atoms with Crippen molar-refractivity contribution in [2.75, 3.05) is 41.7 Å². The normalized spacial score (nSPS) is 25.2. The fourth-order valence-electron chi connectivity index (χ4n) is 9.48. The Morgan fingerprint density at radius 1 is 0.629 bits per heavy atom. The van der Waals surface area contributed by atoms with Crippen LogP contribution in [0.1, 0.15) is 178 Å². The van der Waals surface area contributed by atoms with E-state index >= 15 is 0 Å². The first-order valence-electron chi connectivity index (χ1n) is 24.5. The number of benzene rings is 1. The molecule has 0 spiro atoms. The molecule has 356 valence electrons. The van der Waals surface area contributed by atoms with E-state index < -0.39 is 24.1 Å². The van der Waals surface area contributed by atoms with Crippen LogP contribution in [0.15, 0.2) is 30.3 Å². The van der Waals surface area contributed by atoms with Crippen LogP contribution < -0.4 is 0 Å². The van der Waals surface area contributed by atoms with Crippen molar-refractivity contribution in [1.82, 2.24) is 0 Å². The lowest BCUT2D eigenvalue weighted by Gasteiger charge is -2.27. The van der Waals surface area contributed by atoms with Gasteiger partial charge in [-0.05, 0) is 70.4 Å². The summed E-state index contributed by atoms with van der Waals surface area (Å²) in [5.74, 6) is -1.38. The van der Waals surface area contributed by atoms with E-state index in [0.717, 1.165) is 77.0 Å². The zero-order chi connectivity index (χ0) is 44.2. The molecule has 0 amide bonds. The Morgan fingerprint density at radius 2 is 1.10 bits per heavy atom. The van der Waals surface area contributed by atoms with Crippen molar-refractivity contribution in [2.45, 2.75) is 223 Å². The predicted octanol–water partition coefficient (Wildman–Crippen LogP) is 10.7. The lowest BCUT2D eigenvalue weighted by Crippen LogP contribution is -2.35. The van der Waals surface area contributed by atoms with E-state index in [0.29, 0.717) is 18.8 Å². The van der Waals surface area contributed by atoms with Crippen LogP contribution in [-0.4, -0.2) is 109 Å². The number of unbranched alkanes of at least 4 members (excludes halogenated alkanes) is 14. The minimum Gasteiger partial charge on any atom is -0.458 e. The monoisotopic (exact) mass is 877 g/mol. The van der Waals surface area contributed by atoms with Gasteiger partial charge in [0.15, 0.2) is 6.10 Å². The fourth-order valence-corrected chi connectivity index (χ4v) is 9.48. The minimum absolute atomic E-state index is 0.0191. The molecule has 0 aliphatic carbocycles. The van der Waals surface area contributed by atoms with E-state index in [9.17, 15) is 9.59 Å². The maximum Gasteiger partial charge on any atom is 0.338 e. The van der Waals surface area contributed by atoms with Crippen LogP contribution in [-0.2, 0) is 52.2 Å².